The Morgan fingerprint density at radius 2 is 2.02 bits per heavy atom. The smallest absolute Gasteiger partial charge is 0.320 e. The first-order chi connectivity index (χ1) is 21.7. The van der Waals surface area contributed by atoms with E-state index in [1.54, 1.807) is 36.1 Å². The molecule has 1 aliphatic heterocycles. The Morgan fingerprint density at radius 1 is 1.22 bits per heavy atom. The Kier molecular flexibility index (Phi) is 10.8. The molecule has 1 amide bonds. The summed E-state index contributed by atoms with van der Waals surface area (Å²) < 4.78 is 30.3. The average molecular weight is 642 g/mol. The highest BCUT2D eigenvalue weighted by atomic mass is 35.5. The van der Waals surface area contributed by atoms with Gasteiger partial charge in [-0.05, 0) is 49.9 Å². The number of hydrogen-bond acceptors (Lipinski definition) is 10. The van der Waals surface area contributed by atoms with Gasteiger partial charge in [0.1, 0.15) is 23.7 Å². The van der Waals surface area contributed by atoms with Crippen molar-refractivity contribution in [3.8, 4) is 5.75 Å². The van der Waals surface area contributed by atoms with E-state index < -0.39 is 23.3 Å². The predicted molar refractivity (Wildman–Crippen MR) is 168 cm³/mol. The van der Waals surface area contributed by atoms with Crippen molar-refractivity contribution in [1.82, 2.24) is 14.9 Å². The van der Waals surface area contributed by atoms with Gasteiger partial charge in [-0.2, -0.15) is 0 Å². The van der Waals surface area contributed by atoms with Gasteiger partial charge in [0, 0.05) is 62.4 Å². The minimum atomic E-state index is -0.993. The number of aromatic nitrogens is 2. The number of nitrogens with zero attached hydrogens (tertiary/aromatic N) is 3. The van der Waals surface area contributed by atoms with Crippen molar-refractivity contribution >= 4 is 51.6 Å². The molecule has 45 heavy (non-hydrogen) atoms. The topological polar surface area (TPSA) is 135 Å². The van der Waals surface area contributed by atoms with Crippen LogP contribution >= 0.6 is 11.6 Å². The maximum atomic E-state index is 13.7. The van der Waals surface area contributed by atoms with Gasteiger partial charge in [0.15, 0.2) is 0 Å². The van der Waals surface area contributed by atoms with E-state index in [1.165, 1.54) is 24.5 Å². The minimum absolute atomic E-state index is 0.0260. The highest BCUT2D eigenvalue weighted by Gasteiger charge is 2.32. The molecule has 1 saturated carbocycles. The quantitative estimate of drug-likeness (QED) is 0.165. The summed E-state index contributed by atoms with van der Waals surface area (Å²) in [6.45, 7) is 3.84. The zero-order chi connectivity index (χ0) is 31.8. The van der Waals surface area contributed by atoms with Crippen molar-refractivity contribution in [2.75, 3.05) is 56.7 Å². The fourth-order valence-corrected chi connectivity index (χ4v) is 5.17. The Balaban J connectivity index is 1.33. The molecule has 2 aliphatic rings. The molecule has 0 radical (unpaired) electrons. The summed E-state index contributed by atoms with van der Waals surface area (Å²) in [7, 11) is 0. The first-order valence-corrected chi connectivity index (χ1v) is 15.4. The molecule has 2 fully saturated rings. The van der Waals surface area contributed by atoms with E-state index in [4.69, 9.17) is 25.8 Å². The summed E-state index contributed by atoms with van der Waals surface area (Å²) >= 11 is 5.96. The van der Waals surface area contributed by atoms with Crippen LogP contribution in [0, 0.1) is 11.7 Å². The summed E-state index contributed by atoms with van der Waals surface area (Å²) in [6.07, 6.45) is 7.52. The van der Waals surface area contributed by atoms with E-state index in [1.807, 2.05) is 0 Å². The van der Waals surface area contributed by atoms with Crippen LogP contribution in [-0.2, 0) is 19.1 Å². The van der Waals surface area contributed by atoms with Crippen molar-refractivity contribution in [2.24, 2.45) is 5.92 Å². The third-order valence-corrected chi connectivity index (χ3v) is 7.87. The number of anilines is 3. The van der Waals surface area contributed by atoms with Crippen LogP contribution in [0.15, 0.2) is 48.8 Å². The van der Waals surface area contributed by atoms with Crippen LogP contribution in [0.2, 0.25) is 5.02 Å². The molecule has 0 spiro atoms. The van der Waals surface area contributed by atoms with Crippen molar-refractivity contribution in [3.63, 3.8) is 0 Å². The molecule has 240 valence electrons. The van der Waals surface area contributed by atoms with Crippen molar-refractivity contribution in [3.05, 3.63) is 59.7 Å². The van der Waals surface area contributed by atoms with Crippen molar-refractivity contribution in [2.45, 2.75) is 38.2 Å². The number of carbonyl (C=O) groups is 2. The number of rotatable bonds is 14. The molecule has 5 rings (SSSR count). The molecule has 3 aromatic rings. The molecule has 1 aliphatic carbocycles. The highest BCUT2D eigenvalue weighted by Crippen LogP contribution is 2.36. The SMILES string of the molecule is CCOC(=O)CN(CC=CC(=O)Nc1cc2c(Nc3ccc(F)c(Cl)c3)ncnc2cc1OCC1CC1)CC1(O)CCOCC1. The number of ether oxygens (including phenoxy) is 3. The molecule has 1 aromatic heterocycles. The van der Waals surface area contributed by atoms with Gasteiger partial charge in [0.25, 0.3) is 0 Å². The summed E-state index contributed by atoms with van der Waals surface area (Å²) in [5.74, 6) is 0.0244. The number of nitrogens with one attached hydrogen (secondary N) is 2. The van der Waals surface area contributed by atoms with E-state index in [9.17, 15) is 19.1 Å². The number of halogens is 2. The van der Waals surface area contributed by atoms with Gasteiger partial charge < -0.3 is 30.0 Å². The molecular formula is C32H37ClFN5O6. The van der Waals surface area contributed by atoms with E-state index in [2.05, 4.69) is 20.6 Å². The van der Waals surface area contributed by atoms with Gasteiger partial charge in [-0.3, -0.25) is 14.5 Å². The molecule has 11 nitrogen and oxygen atoms in total. The number of carbonyl (C=O) groups excluding carboxylic acids is 2. The van der Waals surface area contributed by atoms with E-state index in [-0.39, 0.29) is 31.3 Å². The first-order valence-electron chi connectivity index (χ1n) is 15.0. The third-order valence-electron chi connectivity index (χ3n) is 7.58. The molecule has 0 atom stereocenters. The minimum Gasteiger partial charge on any atom is -0.491 e. The lowest BCUT2D eigenvalue weighted by Crippen LogP contribution is -2.48. The van der Waals surface area contributed by atoms with Crippen LogP contribution in [0.1, 0.15) is 32.6 Å². The van der Waals surface area contributed by atoms with Gasteiger partial charge in [-0.1, -0.05) is 17.7 Å². The lowest BCUT2D eigenvalue weighted by atomic mass is 9.93. The monoisotopic (exact) mass is 641 g/mol. The summed E-state index contributed by atoms with van der Waals surface area (Å²) in [5, 5.41) is 17.6. The van der Waals surface area contributed by atoms with Crippen molar-refractivity contribution in [1.29, 1.82) is 0 Å². The molecule has 13 heteroatoms. The average Bonchev–Trinajstić information content (AvgIpc) is 3.83. The van der Waals surface area contributed by atoms with Crippen LogP contribution in [0.25, 0.3) is 10.9 Å². The maximum absolute atomic E-state index is 13.7. The van der Waals surface area contributed by atoms with Crippen molar-refractivity contribution < 1.29 is 33.3 Å². The summed E-state index contributed by atoms with van der Waals surface area (Å²) in [4.78, 5) is 35.9. The predicted octanol–water partition coefficient (Wildman–Crippen LogP) is 4.86. The Morgan fingerprint density at radius 3 is 2.76 bits per heavy atom. The lowest BCUT2D eigenvalue weighted by Gasteiger charge is -2.36. The Labute approximate surface area is 265 Å². The molecule has 1 saturated heterocycles. The second-order valence-electron chi connectivity index (χ2n) is 11.3. The summed E-state index contributed by atoms with van der Waals surface area (Å²) in [5.41, 5.74) is 0.544. The van der Waals surface area contributed by atoms with Crippen LogP contribution in [0.3, 0.4) is 0 Å². The van der Waals surface area contributed by atoms with Crippen LogP contribution < -0.4 is 15.4 Å². The normalized spacial score (nSPS) is 16.2. The third kappa shape index (κ3) is 9.33. The molecule has 3 N–H and O–H groups in total. The zero-order valence-corrected chi connectivity index (χ0v) is 25.8. The largest absolute Gasteiger partial charge is 0.491 e. The molecule has 2 heterocycles. The highest BCUT2D eigenvalue weighted by molar-refractivity contribution is 6.31. The van der Waals surface area contributed by atoms with Crippen LogP contribution in [-0.4, -0.2) is 83.5 Å². The van der Waals surface area contributed by atoms with Gasteiger partial charge in [0.05, 0.1) is 41.6 Å². The van der Waals surface area contributed by atoms with Gasteiger partial charge in [-0.25, -0.2) is 14.4 Å². The van der Waals surface area contributed by atoms with Gasteiger partial charge >= 0.3 is 5.97 Å². The second kappa shape index (κ2) is 15.0. The second-order valence-corrected chi connectivity index (χ2v) is 11.7. The number of aliphatic hydroxyl groups is 1. The molecule has 2 aromatic carbocycles. The molecular weight excluding hydrogens is 605 g/mol. The Bertz CT molecular complexity index is 1550. The van der Waals surface area contributed by atoms with E-state index in [0.29, 0.717) is 72.4 Å². The Hall–Kier alpha value is -3.84. The maximum Gasteiger partial charge on any atom is 0.320 e. The standard InChI is InChI=1S/C32H37ClFN5O6/c1-2-44-30(41)17-39(19-32(42)9-12-43-13-10-32)11-3-4-29(40)38-27-15-23-26(16-28(27)45-18-21-5-6-21)35-20-36-31(23)37-22-7-8-25(34)24(33)14-22/h3-4,7-8,14-16,20-21,42H,2,5-6,9-13,17-19H2,1H3,(H,38,40)(H,35,36,37). The lowest BCUT2D eigenvalue weighted by molar-refractivity contribution is -0.145. The van der Waals surface area contributed by atoms with Gasteiger partial charge in [-0.15, -0.1) is 0 Å². The number of esters is 1. The zero-order valence-electron chi connectivity index (χ0n) is 25.1. The number of amides is 1. The fourth-order valence-electron chi connectivity index (χ4n) is 4.99. The van der Waals surface area contributed by atoms with E-state index >= 15 is 0 Å². The number of hydrogen-bond donors (Lipinski definition) is 3. The first kappa shape index (κ1) is 32.6. The van der Waals surface area contributed by atoms with Crippen LogP contribution in [0.4, 0.5) is 21.6 Å². The van der Waals surface area contributed by atoms with E-state index in [0.717, 1.165) is 12.8 Å². The number of benzene rings is 2. The molecule has 0 unspecified atom stereocenters. The summed E-state index contributed by atoms with van der Waals surface area (Å²) in [6, 6.07) is 7.73. The fraction of sp³-hybridized carbons (Fsp3) is 0.438. The van der Waals surface area contributed by atoms with Crippen LogP contribution in [0.5, 0.6) is 5.75 Å². The molecule has 0 bridgehead atoms. The number of fused-ring (bicyclic) bond motifs is 1. The van der Waals surface area contributed by atoms with Gasteiger partial charge in [0.2, 0.25) is 5.91 Å².